The van der Waals surface area contributed by atoms with Gasteiger partial charge < -0.3 is 14.9 Å². The van der Waals surface area contributed by atoms with Gasteiger partial charge in [-0.1, -0.05) is 94.8 Å². The molecule has 1 unspecified atom stereocenters. The molecule has 0 spiro atoms. The number of hydrogen-bond acceptors (Lipinski definition) is 7. The average Bonchev–Trinajstić information content (AvgIpc) is 3.08. The van der Waals surface area contributed by atoms with Gasteiger partial charge in [-0.3, -0.25) is 9.59 Å². The Labute approximate surface area is 208 Å². The molecule has 8 nitrogen and oxygen atoms in total. The molecular formula is C26H19BrN2O6. The van der Waals surface area contributed by atoms with E-state index in [4.69, 9.17) is 4.74 Å². The van der Waals surface area contributed by atoms with Gasteiger partial charge in [0.2, 0.25) is 0 Å². The molecule has 35 heavy (non-hydrogen) atoms. The van der Waals surface area contributed by atoms with Crippen molar-refractivity contribution in [1.82, 2.24) is 5.01 Å². The summed E-state index contributed by atoms with van der Waals surface area (Å²) in [4.78, 5) is 39.0. The van der Waals surface area contributed by atoms with Gasteiger partial charge in [0, 0.05) is 21.2 Å². The number of halogens is 1. The van der Waals surface area contributed by atoms with Gasteiger partial charge in [0.15, 0.2) is 0 Å². The fraction of sp³-hybridized carbons (Fsp3) is 0.0769. The number of nitrogens with zero attached hydrogens (tertiary/aromatic N) is 2. The van der Waals surface area contributed by atoms with Crippen molar-refractivity contribution in [2.45, 2.75) is 5.72 Å². The summed E-state index contributed by atoms with van der Waals surface area (Å²) < 4.78 is 5.35. The van der Waals surface area contributed by atoms with Gasteiger partial charge in [0.25, 0.3) is 11.5 Å². The summed E-state index contributed by atoms with van der Waals surface area (Å²) in [5, 5.41) is 27.1. The zero-order valence-electron chi connectivity index (χ0n) is 18.4. The molecule has 9 heteroatoms. The number of methoxy groups -OCH3 is 1. The van der Waals surface area contributed by atoms with Crippen molar-refractivity contribution in [2.75, 3.05) is 7.11 Å². The molecule has 1 aliphatic rings. The highest BCUT2D eigenvalue weighted by molar-refractivity contribution is 9.10. The van der Waals surface area contributed by atoms with Gasteiger partial charge >= 0.3 is 11.9 Å². The Balaban J connectivity index is 2.00. The van der Waals surface area contributed by atoms with E-state index in [1.54, 1.807) is 72.8 Å². The van der Waals surface area contributed by atoms with E-state index in [1.807, 2.05) is 0 Å². The largest absolute Gasteiger partial charge is 0.507 e. The van der Waals surface area contributed by atoms with Crippen LogP contribution in [-0.4, -0.2) is 51.4 Å². The molecule has 0 bridgehead atoms. The summed E-state index contributed by atoms with van der Waals surface area (Å²) in [6.07, 6.45) is 0. The number of amides is 1. The SMILES string of the molecule is COC(=O)C1(O)/C(=C(/O)c2ccccc2)C(=O)C(=O)N1/N=C(\c1ccccc1)c1ccccc1Br. The predicted molar refractivity (Wildman–Crippen MR) is 131 cm³/mol. The maximum absolute atomic E-state index is 13.1. The van der Waals surface area contributed by atoms with Crippen LogP contribution in [0.1, 0.15) is 16.7 Å². The Morgan fingerprint density at radius 1 is 0.914 bits per heavy atom. The molecule has 2 N–H and O–H groups in total. The second kappa shape index (κ2) is 9.65. The lowest BCUT2D eigenvalue weighted by Crippen LogP contribution is -2.51. The molecule has 0 saturated carbocycles. The molecule has 4 rings (SSSR count). The number of aliphatic hydroxyl groups is 2. The number of carbonyl (C=O) groups excluding carboxylic acids is 3. The van der Waals surface area contributed by atoms with Crippen LogP contribution in [0.3, 0.4) is 0 Å². The van der Waals surface area contributed by atoms with Gasteiger partial charge in [-0.25, -0.2) is 4.79 Å². The number of ether oxygens (including phenoxy) is 1. The lowest BCUT2D eigenvalue weighted by Gasteiger charge is -2.28. The van der Waals surface area contributed by atoms with Crippen LogP contribution in [0.2, 0.25) is 0 Å². The number of esters is 1. The highest BCUT2D eigenvalue weighted by Crippen LogP contribution is 2.37. The molecule has 0 aliphatic carbocycles. The van der Waals surface area contributed by atoms with Gasteiger partial charge in [-0.2, -0.15) is 10.1 Å². The Morgan fingerprint density at radius 2 is 1.46 bits per heavy atom. The van der Waals surface area contributed by atoms with Crippen molar-refractivity contribution in [2.24, 2.45) is 5.10 Å². The molecule has 3 aromatic rings. The number of aliphatic hydroxyl groups excluding tert-OH is 1. The van der Waals surface area contributed by atoms with E-state index < -0.39 is 34.7 Å². The normalized spacial score (nSPS) is 19.6. The number of hydrogen-bond donors (Lipinski definition) is 2. The average molecular weight is 535 g/mol. The van der Waals surface area contributed by atoms with Crippen molar-refractivity contribution < 1.29 is 29.3 Å². The number of carbonyl (C=O) groups is 3. The van der Waals surface area contributed by atoms with Crippen LogP contribution in [0.15, 0.2) is 100 Å². The summed E-state index contributed by atoms with van der Waals surface area (Å²) in [5.41, 5.74) is -2.49. The Bertz CT molecular complexity index is 1370. The van der Waals surface area contributed by atoms with E-state index in [1.165, 1.54) is 12.1 Å². The first kappa shape index (κ1) is 24.1. The minimum Gasteiger partial charge on any atom is -0.507 e. The van der Waals surface area contributed by atoms with Crippen LogP contribution >= 0.6 is 15.9 Å². The standard InChI is InChI=1S/C26H19BrN2O6/c1-35-25(33)26(34)20(22(30)17-12-6-3-7-13-17)23(31)24(32)29(26)28-21(16-10-4-2-5-11-16)18-14-8-9-15-19(18)27/h2-15,30,34H,1H3/b22-20+,28-21+. The molecule has 3 aromatic carbocycles. The second-order valence-corrected chi connectivity index (χ2v) is 8.35. The van der Waals surface area contributed by atoms with E-state index in [0.717, 1.165) is 7.11 Å². The third-order valence-corrected chi connectivity index (χ3v) is 6.09. The van der Waals surface area contributed by atoms with E-state index >= 15 is 0 Å². The Hall–Kier alpha value is -4.08. The fourth-order valence-corrected chi connectivity index (χ4v) is 4.16. The zero-order valence-corrected chi connectivity index (χ0v) is 20.0. The second-order valence-electron chi connectivity index (χ2n) is 7.49. The summed E-state index contributed by atoms with van der Waals surface area (Å²) in [6.45, 7) is 0. The Kier molecular flexibility index (Phi) is 6.63. The summed E-state index contributed by atoms with van der Waals surface area (Å²) in [7, 11) is 0.985. The highest BCUT2D eigenvalue weighted by Gasteiger charge is 2.63. The van der Waals surface area contributed by atoms with Gasteiger partial charge in [0.1, 0.15) is 11.3 Å². The third-order valence-electron chi connectivity index (χ3n) is 5.40. The van der Waals surface area contributed by atoms with Crippen LogP contribution in [-0.2, 0) is 19.1 Å². The van der Waals surface area contributed by atoms with Gasteiger partial charge in [-0.15, -0.1) is 0 Å². The fourth-order valence-electron chi connectivity index (χ4n) is 3.69. The summed E-state index contributed by atoms with van der Waals surface area (Å²) in [6, 6.07) is 23.5. The van der Waals surface area contributed by atoms with Crippen molar-refractivity contribution in [1.29, 1.82) is 0 Å². The molecule has 1 amide bonds. The Morgan fingerprint density at radius 3 is 2.03 bits per heavy atom. The highest BCUT2D eigenvalue weighted by atomic mass is 79.9. The quantitative estimate of drug-likeness (QED) is 0.170. The summed E-state index contributed by atoms with van der Waals surface area (Å²) >= 11 is 3.45. The molecule has 0 aromatic heterocycles. The molecule has 1 fully saturated rings. The van der Waals surface area contributed by atoms with Crippen LogP contribution < -0.4 is 0 Å². The maximum Gasteiger partial charge on any atom is 0.366 e. The lowest BCUT2D eigenvalue weighted by molar-refractivity contribution is -0.177. The first-order valence-corrected chi connectivity index (χ1v) is 11.2. The first-order valence-electron chi connectivity index (χ1n) is 10.4. The van der Waals surface area contributed by atoms with Crippen molar-refractivity contribution >= 4 is 45.1 Å². The topological polar surface area (TPSA) is 116 Å². The lowest BCUT2D eigenvalue weighted by atomic mass is 9.98. The van der Waals surface area contributed by atoms with Crippen LogP contribution in [0, 0.1) is 0 Å². The molecule has 1 saturated heterocycles. The third kappa shape index (κ3) is 4.16. The molecule has 0 radical (unpaired) electrons. The number of rotatable bonds is 5. The van der Waals surface area contributed by atoms with Crippen LogP contribution in [0.25, 0.3) is 5.76 Å². The van der Waals surface area contributed by atoms with E-state index in [2.05, 4.69) is 21.0 Å². The van der Waals surface area contributed by atoms with Gasteiger partial charge in [-0.05, 0) is 6.07 Å². The maximum atomic E-state index is 13.1. The molecule has 176 valence electrons. The smallest absolute Gasteiger partial charge is 0.366 e. The molecule has 1 atom stereocenters. The number of benzene rings is 3. The molecule has 1 heterocycles. The predicted octanol–water partition coefficient (Wildman–Crippen LogP) is 3.44. The zero-order chi connectivity index (χ0) is 25.2. The number of ketones is 1. The minimum atomic E-state index is -3.01. The van der Waals surface area contributed by atoms with E-state index in [0.29, 0.717) is 20.6 Å². The van der Waals surface area contributed by atoms with Crippen molar-refractivity contribution in [3.8, 4) is 0 Å². The van der Waals surface area contributed by atoms with E-state index in [-0.39, 0.29) is 11.3 Å². The van der Waals surface area contributed by atoms with Crippen molar-refractivity contribution in [3.63, 3.8) is 0 Å². The monoisotopic (exact) mass is 534 g/mol. The van der Waals surface area contributed by atoms with Crippen molar-refractivity contribution in [3.05, 3.63) is 112 Å². The first-order chi connectivity index (χ1) is 16.8. The molecular weight excluding hydrogens is 516 g/mol. The van der Waals surface area contributed by atoms with E-state index in [9.17, 15) is 24.6 Å². The van der Waals surface area contributed by atoms with Crippen LogP contribution in [0.5, 0.6) is 0 Å². The molecule has 1 aliphatic heterocycles. The van der Waals surface area contributed by atoms with Gasteiger partial charge in [0.05, 0.1) is 12.8 Å². The number of Topliss-reactive ketones (excluding diaryl/α,β-unsaturated/α-hetero) is 1. The van der Waals surface area contributed by atoms with Crippen LogP contribution in [0.4, 0.5) is 0 Å². The number of hydrazone groups is 1. The summed E-state index contributed by atoms with van der Waals surface area (Å²) in [5.74, 6) is -4.70. The minimum absolute atomic E-state index is 0.117.